The van der Waals surface area contributed by atoms with Gasteiger partial charge in [0, 0.05) is 49.6 Å². The maximum atomic E-state index is 14.6. The van der Waals surface area contributed by atoms with Gasteiger partial charge >= 0.3 is 11.9 Å². The Hall–Kier alpha value is -8.26. The van der Waals surface area contributed by atoms with Crippen LogP contribution >= 0.6 is 11.8 Å². The normalized spacial score (nSPS) is 15.8. The van der Waals surface area contributed by atoms with Crippen LogP contribution in [0.15, 0.2) is 40.4 Å². The van der Waals surface area contributed by atoms with Gasteiger partial charge in [0.15, 0.2) is 11.9 Å². The third-order valence-electron chi connectivity index (χ3n) is 13.1. The summed E-state index contributed by atoms with van der Waals surface area (Å²) in [5, 5.41) is 48.0. The lowest BCUT2D eigenvalue weighted by molar-refractivity contribution is -0.143. The van der Waals surface area contributed by atoms with Crippen LogP contribution in [0.1, 0.15) is 90.0 Å². The number of likely N-dealkylation sites (tertiary alicyclic amines) is 1. The zero-order valence-corrected chi connectivity index (χ0v) is 47.5. The second-order valence-corrected chi connectivity index (χ2v) is 21.2. The van der Waals surface area contributed by atoms with Gasteiger partial charge in [0.05, 0.1) is 19.1 Å². The number of guanidine groups is 2. The van der Waals surface area contributed by atoms with Crippen molar-refractivity contribution in [3.8, 4) is 0 Å². The summed E-state index contributed by atoms with van der Waals surface area (Å²) >= 11 is 1.42. The van der Waals surface area contributed by atoms with E-state index in [-0.39, 0.29) is 95.3 Å². The number of carbonyl (C=O) groups excluding carboxylic acids is 9. The molecule has 0 saturated carbocycles. The zero-order chi connectivity index (χ0) is 61.9. The summed E-state index contributed by atoms with van der Waals surface area (Å²) in [6.07, 6.45) is 2.05. The van der Waals surface area contributed by atoms with E-state index in [9.17, 15) is 68.1 Å². The molecular weight excluding hydrogens is 1110 g/mol. The molecule has 460 valence electrons. The van der Waals surface area contributed by atoms with Gasteiger partial charge in [-0.2, -0.15) is 11.8 Å². The van der Waals surface area contributed by atoms with Crippen molar-refractivity contribution >= 4 is 99.7 Å². The number of hydrogen-bond acceptors (Lipinski definition) is 16. The van der Waals surface area contributed by atoms with Crippen molar-refractivity contribution in [3.63, 3.8) is 0 Å². The fourth-order valence-electron chi connectivity index (χ4n) is 8.88. The molecule has 1 aliphatic heterocycles. The van der Waals surface area contributed by atoms with Crippen molar-refractivity contribution in [2.24, 2.45) is 50.3 Å². The summed E-state index contributed by atoms with van der Waals surface area (Å²) < 4.78 is 0. The predicted molar refractivity (Wildman–Crippen MR) is 306 cm³/mol. The van der Waals surface area contributed by atoms with Crippen LogP contribution in [0.4, 0.5) is 0 Å². The fourth-order valence-corrected chi connectivity index (χ4v) is 9.37. The summed E-state index contributed by atoms with van der Waals surface area (Å²) in [7, 11) is 0. The van der Waals surface area contributed by atoms with E-state index in [0.29, 0.717) is 28.6 Å². The first-order valence-corrected chi connectivity index (χ1v) is 28.3. The number of nitrogens with one attached hydrogen (secondary N) is 8. The Balaban J connectivity index is 1.90. The SMILES string of the molecule is CSCC[C@H](N)C(=O)N[C@@H](CC(=O)O)C(=O)N[C@@H](CCCN=C(N)N)C(=O)N[C@@H](CC(C)C)C(=O)N1CCC[C@H]1C(=O)N[C@@H](CCCN=C(N)N)C(=O)N[C@@H](CO)C(=O)N[C@@H](Cc1c[nH]c2ccccc12)C(=O)N[C@@H](CCC(N)=O)C(=O)O. The second-order valence-electron chi connectivity index (χ2n) is 20.2. The van der Waals surface area contributed by atoms with E-state index >= 15 is 0 Å². The molecule has 23 N–H and O–H groups in total. The molecular formula is C51H81N17O14S. The van der Waals surface area contributed by atoms with E-state index in [4.69, 9.17) is 34.4 Å². The minimum absolute atomic E-state index is 0.00562. The fraction of sp³-hybridized carbons (Fsp3) is 0.588. The molecule has 1 saturated heterocycles. The van der Waals surface area contributed by atoms with Crippen LogP contribution in [0.5, 0.6) is 0 Å². The van der Waals surface area contributed by atoms with Crippen molar-refractivity contribution in [1.82, 2.24) is 47.1 Å². The topological polar surface area (TPSA) is 533 Å². The highest BCUT2D eigenvalue weighted by molar-refractivity contribution is 7.98. The van der Waals surface area contributed by atoms with Crippen LogP contribution in [-0.2, 0) is 59.2 Å². The van der Waals surface area contributed by atoms with Crippen molar-refractivity contribution in [2.75, 3.05) is 38.2 Å². The van der Waals surface area contributed by atoms with E-state index in [1.165, 1.54) is 16.7 Å². The number of H-pyrrole nitrogens is 1. The van der Waals surface area contributed by atoms with Crippen molar-refractivity contribution in [3.05, 3.63) is 36.0 Å². The number of nitrogens with zero attached hydrogens (tertiary/aromatic N) is 3. The highest BCUT2D eigenvalue weighted by Gasteiger charge is 2.41. The van der Waals surface area contributed by atoms with Gasteiger partial charge in [0.1, 0.15) is 48.3 Å². The highest BCUT2D eigenvalue weighted by atomic mass is 32.2. The standard InChI is InChI=1S/C51H81N17O14S/c1-26(2)21-36(66-42(74)31(11-6-17-58-50(54)55)61-45(77)35(23-40(71)72)64-41(73)29(52)16-20-83-3)48(80)68-19-8-13-38(68)47(79)62-32(12-7-18-59-51(56)57)43(75)67-37(25-69)46(78)65-34(22-27-24-60-30-10-5-4-9-28(27)30)44(76)63-33(49(81)82)14-15-39(53)70/h4-5,9-10,24,26,29,31-38,60,69H,6-8,11-23,25,52H2,1-3H3,(H2,53,70)(H,61,77)(H,62,79)(H,63,76)(H,64,73)(H,65,78)(H,66,74)(H,67,75)(H,71,72)(H,81,82)(H4,54,55,58)(H4,56,57,59)/t29-,31-,32-,33-,34-,35-,36-,37-,38-/m0/s1. The van der Waals surface area contributed by atoms with Crippen LogP contribution in [-0.4, -0.2) is 195 Å². The first-order valence-electron chi connectivity index (χ1n) is 26.9. The third-order valence-corrected chi connectivity index (χ3v) is 13.8. The first-order chi connectivity index (χ1) is 39.3. The number of para-hydroxylation sites is 1. The Kier molecular flexibility index (Phi) is 29.0. The number of carboxylic acid groups (broad SMARTS) is 2. The van der Waals surface area contributed by atoms with Crippen LogP contribution in [0.25, 0.3) is 10.9 Å². The number of primary amides is 1. The number of nitrogens with two attached hydrogens (primary N) is 6. The maximum absolute atomic E-state index is 14.6. The number of rotatable bonds is 37. The van der Waals surface area contributed by atoms with Crippen molar-refractivity contribution < 1.29 is 68.1 Å². The summed E-state index contributed by atoms with van der Waals surface area (Å²) in [5.41, 5.74) is 34.4. The number of aliphatic hydroxyl groups is 1. The van der Waals surface area contributed by atoms with Gasteiger partial charge in [0.2, 0.25) is 53.2 Å². The van der Waals surface area contributed by atoms with Crippen LogP contribution in [0, 0.1) is 5.92 Å². The molecule has 0 spiro atoms. The zero-order valence-electron chi connectivity index (χ0n) is 46.7. The number of aliphatic imine (C=N–C) groups is 2. The summed E-state index contributed by atoms with van der Waals surface area (Å²) in [6.45, 7) is 2.51. The number of benzene rings is 1. The maximum Gasteiger partial charge on any atom is 0.326 e. The van der Waals surface area contributed by atoms with Gasteiger partial charge in [-0.05, 0) is 87.3 Å². The number of aliphatic carboxylic acids is 2. The van der Waals surface area contributed by atoms with Gasteiger partial charge in [-0.25, -0.2) is 4.79 Å². The molecule has 1 aliphatic rings. The quantitative estimate of drug-likeness (QED) is 0.0171. The van der Waals surface area contributed by atoms with Crippen LogP contribution in [0.2, 0.25) is 0 Å². The van der Waals surface area contributed by atoms with Crippen molar-refractivity contribution in [2.45, 2.75) is 145 Å². The molecule has 32 heteroatoms. The minimum Gasteiger partial charge on any atom is -0.481 e. The van der Waals surface area contributed by atoms with Crippen LogP contribution < -0.4 is 71.6 Å². The number of aliphatic hydroxyl groups excluding tert-OH is 1. The highest BCUT2D eigenvalue weighted by Crippen LogP contribution is 2.22. The number of thioether (sulfide) groups is 1. The molecule has 83 heavy (non-hydrogen) atoms. The Morgan fingerprint density at radius 1 is 0.687 bits per heavy atom. The minimum atomic E-state index is -1.77. The van der Waals surface area contributed by atoms with E-state index in [1.54, 1.807) is 50.6 Å². The number of carboxylic acids is 2. The number of hydrogen-bond donors (Lipinski definition) is 17. The average Bonchev–Trinajstić information content (AvgIpc) is 4.27. The summed E-state index contributed by atoms with van der Waals surface area (Å²) in [4.78, 5) is 159. The molecule has 2 heterocycles. The smallest absolute Gasteiger partial charge is 0.326 e. The van der Waals surface area contributed by atoms with E-state index in [0.717, 1.165) is 0 Å². The summed E-state index contributed by atoms with van der Waals surface area (Å²) in [6, 6.07) is -6.08. The largest absolute Gasteiger partial charge is 0.481 e. The third kappa shape index (κ3) is 23.6. The molecule has 1 aromatic carbocycles. The average molecular weight is 1190 g/mol. The monoisotopic (exact) mass is 1190 g/mol. The predicted octanol–water partition coefficient (Wildman–Crippen LogP) is -4.85. The summed E-state index contributed by atoms with van der Waals surface area (Å²) in [5.74, 6) is -11.3. The molecule has 0 radical (unpaired) electrons. The van der Waals surface area contributed by atoms with Gasteiger partial charge in [-0.15, -0.1) is 0 Å². The molecule has 31 nitrogen and oxygen atoms in total. The molecule has 0 unspecified atom stereocenters. The Morgan fingerprint density at radius 2 is 1.22 bits per heavy atom. The Labute approximate surface area is 483 Å². The number of amides is 9. The van der Waals surface area contributed by atoms with Gasteiger partial charge in [-0.1, -0.05) is 32.0 Å². The molecule has 9 amide bonds. The first kappa shape index (κ1) is 69.0. The van der Waals surface area contributed by atoms with Gasteiger partial charge < -0.3 is 96.8 Å². The van der Waals surface area contributed by atoms with E-state index in [2.05, 4.69) is 52.2 Å². The lowest BCUT2D eigenvalue weighted by Crippen LogP contribution is -2.60. The lowest BCUT2D eigenvalue weighted by atomic mass is 10.0. The molecule has 3 rings (SSSR count). The number of aromatic nitrogens is 1. The molecule has 9 atom stereocenters. The number of carbonyl (C=O) groups is 11. The van der Waals surface area contributed by atoms with Gasteiger partial charge in [0.25, 0.3) is 0 Å². The Morgan fingerprint density at radius 3 is 1.78 bits per heavy atom. The molecule has 0 aliphatic carbocycles. The Bertz CT molecular complexity index is 2650. The van der Waals surface area contributed by atoms with Gasteiger partial charge in [-0.3, -0.25) is 57.9 Å². The molecule has 1 fully saturated rings. The molecule has 2 aromatic rings. The molecule has 0 bridgehead atoms. The van der Waals surface area contributed by atoms with Crippen LogP contribution in [0.3, 0.4) is 0 Å². The second kappa shape index (κ2) is 34.9. The molecule has 1 aromatic heterocycles. The van der Waals surface area contributed by atoms with E-state index in [1.807, 2.05) is 0 Å². The van der Waals surface area contributed by atoms with Crippen molar-refractivity contribution in [1.29, 1.82) is 0 Å². The lowest BCUT2D eigenvalue weighted by Gasteiger charge is -2.31. The van der Waals surface area contributed by atoms with E-state index < -0.39 is 139 Å². The number of aromatic amines is 1. The number of fused-ring (bicyclic) bond motifs is 1.